The number of phosphoric acid groups is 1. The summed E-state index contributed by atoms with van der Waals surface area (Å²) in [4.78, 5) is 24.3. The van der Waals surface area contributed by atoms with Crippen molar-refractivity contribution in [2.75, 3.05) is 54.1 Å². The van der Waals surface area contributed by atoms with Crippen LogP contribution in [0.25, 0.3) is 0 Å². The van der Waals surface area contributed by atoms with Gasteiger partial charge >= 0.3 is 5.97 Å². The second-order valence-corrected chi connectivity index (χ2v) is 16.1. The average Bonchev–Trinajstić information content (AvgIpc) is 3.06. The lowest BCUT2D eigenvalue weighted by atomic mass is 10.1. The van der Waals surface area contributed by atoms with Crippen molar-refractivity contribution in [2.45, 2.75) is 168 Å². The second kappa shape index (κ2) is 34.8. The number of esters is 1. The molecule has 0 rings (SSSR count). The van der Waals surface area contributed by atoms with E-state index in [0.29, 0.717) is 17.6 Å². The minimum absolute atomic E-state index is 0.0244. The Morgan fingerprint density at radius 1 is 0.620 bits per heavy atom. The molecule has 0 aliphatic carbocycles. The SMILES string of the molecule is CCCCCCC/C=C\C/C=C\C/C=C\CCCCCCCCCCCCCOCC(COP(=O)([O-])OCC[N+](C)(C)C)OC(=O)CCCC. The topological polar surface area (TPSA) is 94.1 Å². The number of phosphoric ester groups is 1. The standard InChI is InChI=1S/C41H78NO7P/c1-6-8-10-11-12-13-14-15-16-17-18-19-20-21-22-23-24-25-26-27-28-29-30-31-32-33-36-46-38-40(49-41(43)34-9-7-2)39-48-50(44,45)47-37-35-42(3,4)5/h14-15,17-18,20-21,40H,6-13,16,19,22-39H2,1-5H3/b15-14-,18-17-,21-20-. The molecule has 0 aromatic carbocycles. The Morgan fingerprint density at radius 3 is 1.62 bits per heavy atom. The van der Waals surface area contributed by atoms with Gasteiger partial charge in [-0.15, -0.1) is 0 Å². The van der Waals surface area contributed by atoms with Gasteiger partial charge in [-0.25, -0.2) is 0 Å². The van der Waals surface area contributed by atoms with E-state index in [9.17, 15) is 14.3 Å². The molecule has 0 saturated heterocycles. The average molecular weight is 728 g/mol. The van der Waals surface area contributed by atoms with Crippen LogP contribution >= 0.6 is 7.82 Å². The fourth-order valence-corrected chi connectivity index (χ4v) is 5.96. The summed E-state index contributed by atoms with van der Waals surface area (Å²) >= 11 is 0. The molecule has 0 N–H and O–H groups in total. The third-order valence-electron chi connectivity index (χ3n) is 8.44. The molecular weight excluding hydrogens is 649 g/mol. The van der Waals surface area contributed by atoms with Crippen LogP contribution in [0.2, 0.25) is 0 Å². The van der Waals surface area contributed by atoms with Gasteiger partial charge in [-0.05, 0) is 51.4 Å². The largest absolute Gasteiger partial charge is 0.756 e. The Labute approximate surface area is 308 Å². The number of carbonyl (C=O) groups is 1. The van der Waals surface area contributed by atoms with Gasteiger partial charge in [0.25, 0.3) is 7.82 Å². The minimum Gasteiger partial charge on any atom is -0.756 e. The summed E-state index contributed by atoms with van der Waals surface area (Å²) in [6, 6.07) is 0. The van der Waals surface area contributed by atoms with Crippen molar-refractivity contribution in [3.63, 3.8) is 0 Å². The maximum atomic E-state index is 12.2. The Balaban J connectivity index is 3.79. The summed E-state index contributed by atoms with van der Waals surface area (Å²) < 4.78 is 33.9. The third kappa shape index (κ3) is 38.0. The molecule has 2 unspecified atom stereocenters. The molecule has 0 fully saturated rings. The molecule has 294 valence electrons. The van der Waals surface area contributed by atoms with Crippen LogP contribution in [-0.2, 0) is 27.9 Å². The van der Waals surface area contributed by atoms with Crippen LogP contribution in [0.4, 0.5) is 0 Å². The van der Waals surface area contributed by atoms with Crippen molar-refractivity contribution in [1.29, 1.82) is 0 Å². The van der Waals surface area contributed by atoms with E-state index in [2.05, 4.69) is 43.4 Å². The van der Waals surface area contributed by atoms with Crippen LogP contribution in [-0.4, -0.2) is 70.7 Å². The first-order valence-electron chi connectivity index (χ1n) is 20.2. The molecule has 8 nitrogen and oxygen atoms in total. The van der Waals surface area contributed by atoms with E-state index >= 15 is 0 Å². The summed E-state index contributed by atoms with van der Waals surface area (Å²) in [5.41, 5.74) is 0. The van der Waals surface area contributed by atoms with E-state index in [-0.39, 0.29) is 32.2 Å². The maximum Gasteiger partial charge on any atom is 0.306 e. The number of allylic oxidation sites excluding steroid dienone is 6. The van der Waals surface area contributed by atoms with E-state index in [1.807, 2.05) is 28.1 Å². The lowest BCUT2D eigenvalue weighted by Gasteiger charge is -2.28. The van der Waals surface area contributed by atoms with Gasteiger partial charge in [0.2, 0.25) is 0 Å². The Kier molecular flexibility index (Phi) is 33.9. The molecule has 0 aromatic rings. The first-order valence-corrected chi connectivity index (χ1v) is 21.7. The first kappa shape index (κ1) is 48.7. The highest BCUT2D eigenvalue weighted by Gasteiger charge is 2.20. The number of rotatable bonds is 37. The summed E-state index contributed by atoms with van der Waals surface area (Å²) in [5, 5.41) is 0. The molecule has 0 amide bonds. The zero-order chi connectivity index (χ0) is 37.0. The number of carbonyl (C=O) groups excluding carboxylic acids is 1. The predicted octanol–water partition coefficient (Wildman–Crippen LogP) is 10.8. The molecule has 0 aliphatic heterocycles. The molecule has 50 heavy (non-hydrogen) atoms. The molecule has 0 radical (unpaired) electrons. The lowest BCUT2D eigenvalue weighted by molar-refractivity contribution is -0.870. The predicted molar refractivity (Wildman–Crippen MR) is 208 cm³/mol. The van der Waals surface area contributed by atoms with Gasteiger partial charge < -0.3 is 27.9 Å². The number of quaternary nitrogens is 1. The van der Waals surface area contributed by atoms with Crippen molar-refractivity contribution in [3.05, 3.63) is 36.5 Å². The lowest BCUT2D eigenvalue weighted by Crippen LogP contribution is -2.37. The first-order chi connectivity index (χ1) is 24.1. The van der Waals surface area contributed by atoms with E-state index in [0.717, 1.165) is 38.5 Å². The normalized spacial score (nSPS) is 14.3. The molecule has 9 heteroatoms. The van der Waals surface area contributed by atoms with Gasteiger partial charge in [-0.1, -0.05) is 140 Å². The van der Waals surface area contributed by atoms with Gasteiger partial charge in [0.1, 0.15) is 19.3 Å². The number of hydrogen-bond donors (Lipinski definition) is 0. The van der Waals surface area contributed by atoms with Crippen LogP contribution in [0, 0.1) is 0 Å². The maximum absolute atomic E-state index is 12.2. The number of unbranched alkanes of at least 4 members (excludes halogenated alkanes) is 17. The van der Waals surface area contributed by atoms with Crippen LogP contribution in [0.3, 0.4) is 0 Å². The highest BCUT2D eigenvalue weighted by molar-refractivity contribution is 7.45. The second-order valence-electron chi connectivity index (χ2n) is 14.6. The summed E-state index contributed by atoms with van der Waals surface area (Å²) in [6.07, 6.45) is 39.9. The van der Waals surface area contributed by atoms with Gasteiger partial charge in [0.15, 0.2) is 0 Å². The van der Waals surface area contributed by atoms with Crippen molar-refractivity contribution < 1.29 is 37.3 Å². The molecule has 0 saturated carbocycles. The van der Waals surface area contributed by atoms with E-state index in [4.69, 9.17) is 18.5 Å². The molecular formula is C41H78NO7P. The minimum atomic E-state index is -4.50. The van der Waals surface area contributed by atoms with E-state index in [1.165, 1.54) is 103 Å². The van der Waals surface area contributed by atoms with Crippen LogP contribution in [0.5, 0.6) is 0 Å². The van der Waals surface area contributed by atoms with Crippen LogP contribution < -0.4 is 4.89 Å². The van der Waals surface area contributed by atoms with Crippen LogP contribution in [0.15, 0.2) is 36.5 Å². The zero-order valence-electron chi connectivity index (χ0n) is 33.1. The molecule has 0 aromatic heterocycles. The van der Waals surface area contributed by atoms with Gasteiger partial charge in [-0.3, -0.25) is 9.36 Å². The number of likely N-dealkylation sites (N-methyl/N-ethyl adjacent to an activating group) is 1. The molecule has 0 heterocycles. The molecule has 0 aliphatic rings. The molecule has 0 bridgehead atoms. The molecule has 0 spiro atoms. The van der Waals surface area contributed by atoms with Crippen molar-refractivity contribution in [1.82, 2.24) is 0 Å². The monoisotopic (exact) mass is 728 g/mol. The van der Waals surface area contributed by atoms with Crippen LogP contribution in [0.1, 0.15) is 162 Å². The van der Waals surface area contributed by atoms with E-state index < -0.39 is 13.9 Å². The van der Waals surface area contributed by atoms with Gasteiger partial charge in [-0.2, -0.15) is 0 Å². The highest BCUT2D eigenvalue weighted by atomic mass is 31.2. The summed E-state index contributed by atoms with van der Waals surface area (Å²) in [6.45, 7) is 5.14. The quantitative estimate of drug-likeness (QED) is 0.0207. The summed E-state index contributed by atoms with van der Waals surface area (Å²) in [5.74, 6) is -0.371. The van der Waals surface area contributed by atoms with Crippen molar-refractivity contribution in [3.8, 4) is 0 Å². The van der Waals surface area contributed by atoms with Crippen molar-refractivity contribution in [2.24, 2.45) is 0 Å². The highest BCUT2D eigenvalue weighted by Crippen LogP contribution is 2.38. The Bertz CT molecular complexity index is 900. The van der Waals surface area contributed by atoms with E-state index in [1.54, 1.807) is 0 Å². The Morgan fingerprint density at radius 2 is 1.10 bits per heavy atom. The number of nitrogens with zero attached hydrogens (tertiary/aromatic N) is 1. The summed E-state index contributed by atoms with van der Waals surface area (Å²) in [7, 11) is 1.35. The van der Waals surface area contributed by atoms with Gasteiger partial charge in [0.05, 0.1) is 34.4 Å². The molecule has 2 atom stereocenters. The van der Waals surface area contributed by atoms with Gasteiger partial charge in [0, 0.05) is 13.0 Å². The number of ether oxygens (including phenoxy) is 2. The number of hydrogen-bond acceptors (Lipinski definition) is 7. The fourth-order valence-electron chi connectivity index (χ4n) is 5.24. The Hall–Kier alpha value is -1.28. The van der Waals surface area contributed by atoms with Crippen molar-refractivity contribution >= 4 is 13.8 Å². The smallest absolute Gasteiger partial charge is 0.306 e. The third-order valence-corrected chi connectivity index (χ3v) is 9.41. The zero-order valence-corrected chi connectivity index (χ0v) is 34.0. The fraction of sp³-hybridized carbons (Fsp3) is 0.829.